The van der Waals surface area contributed by atoms with Gasteiger partial charge >= 0.3 is 0 Å². The minimum absolute atomic E-state index is 0.0385. The molecule has 0 unspecified atom stereocenters. The second-order valence-electron chi connectivity index (χ2n) is 5.02. The van der Waals surface area contributed by atoms with E-state index in [0.717, 1.165) is 22.4 Å². The number of carbonyl (C=O) groups is 1. The van der Waals surface area contributed by atoms with Crippen LogP contribution in [-0.2, 0) is 11.2 Å². The molecule has 4 heteroatoms. The van der Waals surface area contributed by atoms with E-state index >= 15 is 0 Å². The highest BCUT2D eigenvalue weighted by Gasteiger charge is 2.10. The molecule has 21 heavy (non-hydrogen) atoms. The van der Waals surface area contributed by atoms with Gasteiger partial charge in [0, 0.05) is 22.2 Å². The van der Waals surface area contributed by atoms with E-state index in [0.29, 0.717) is 22.9 Å². The Kier molecular flexibility index (Phi) is 5.27. The summed E-state index contributed by atoms with van der Waals surface area (Å²) in [6, 6.07) is 11.3. The standard InChI is InChI=1S/C17H17Cl2NO/c1-11-5-3-6-12(2)17(11)20-16(21)10-9-13-14(18)7-4-8-15(13)19/h3-8H,9-10H2,1-2H3,(H,20,21). The van der Waals surface area contributed by atoms with E-state index in [9.17, 15) is 4.79 Å². The summed E-state index contributed by atoms with van der Waals surface area (Å²) < 4.78 is 0. The molecular weight excluding hydrogens is 305 g/mol. The Balaban J connectivity index is 2.03. The lowest BCUT2D eigenvalue weighted by atomic mass is 10.1. The third-order valence-corrected chi connectivity index (χ3v) is 4.12. The summed E-state index contributed by atoms with van der Waals surface area (Å²) in [6.45, 7) is 3.96. The van der Waals surface area contributed by atoms with E-state index in [2.05, 4.69) is 5.32 Å². The molecule has 0 fully saturated rings. The van der Waals surface area contributed by atoms with Crippen molar-refractivity contribution in [3.63, 3.8) is 0 Å². The summed E-state index contributed by atoms with van der Waals surface area (Å²) in [7, 11) is 0. The number of amides is 1. The SMILES string of the molecule is Cc1cccc(C)c1NC(=O)CCc1c(Cl)cccc1Cl. The Hall–Kier alpha value is -1.51. The molecule has 1 amide bonds. The molecule has 0 aliphatic carbocycles. The summed E-state index contributed by atoms with van der Waals surface area (Å²) >= 11 is 12.2. The molecular formula is C17H17Cl2NO. The van der Waals surface area contributed by atoms with Crippen molar-refractivity contribution in [1.29, 1.82) is 0 Å². The first kappa shape index (κ1) is 15.9. The Bertz CT molecular complexity index is 627. The summed E-state index contributed by atoms with van der Waals surface area (Å²) in [5.41, 5.74) is 3.81. The zero-order valence-electron chi connectivity index (χ0n) is 12.0. The van der Waals surface area contributed by atoms with Crippen molar-refractivity contribution < 1.29 is 4.79 Å². The zero-order valence-corrected chi connectivity index (χ0v) is 13.6. The first-order valence-electron chi connectivity index (χ1n) is 6.78. The third-order valence-electron chi connectivity index (χ3n) is 3.41. The van der Waals surface area contributed by atoms with Gasteiger partial charge in [-0.05, 0) is 49.1 Å². The predicted molar refractivity (Wildman–Crippen MR) is 89.3 cm³/mol. The van der Waals surface area contributed by atoms with Crippen molar-refractivity contribution in [2.24, 2.45) is 0 Å². The molecule has 0 bridgehead atoms. The maximum Gasteiger partial charge on any atom is 0.224 e. The number of hydrogen-bond donors (Lipinski definition) is 1. The van der Waals surface area contributed by atoms with Crippen LogP contribution < -0.4 is 5.32 Å². The number of para-hydroxylation sites is 1. The highest BCUT2D eigenvalue weighted by atomic mass is 35.5. The van der Waals surface area contributed by atoms with Gasteiger partial charge in [-0.2, -0.15) is 0 Å². The predicted octanol–water partition coefficient (Wildman–Crippen LogP) is 5.18. The Labute approximate surface area is 135 Å². The van der Waals surface area contributed by atoms with Gasteiger partial charge in [-0.1, -0.05) is 47.5 Å². The van der Waals surface area contributed by atoms with Gasteiger partial charge in [0.1, 0.15) is 0 Å². The molecule has 0 spiro atoms. The van der Waals surface area contributed by atoms with Gasteiger partial charge in [-0.25, -0.2) is 0 Å². The van der Waals surface area contributed by atoms with Crippen molar-refractivity contribution in [3.05, 3.63) is 63.1 Å². The molecule has 0 aliphatic heterocycles. The lowest BCUT2D eigenvalue weighted by Crippen LogP contribution is -2.14. The largest absolute Gasteiger partial charge is 0.326 e. The van der Waals surface area contributed by atoms with E-state index in [-0.39, 0.29) is 5.91 Å². The van der Waals surface area contributed by atoms with Crippen molar-refractivity contribution in [3.8, 4) is 0 Å². The summed E-state index contributed by atoms with van der Waals surface area (Å²) in [5, 5.41) is 4.16. The first-order valence-corrected chi connectivity index (χ1v) is 7.53. The van der Waals surface area contributed by atoms with Crippen LogP contribution >= 0.6 is 23.2 Å². The molecule has 0 atom stereocenters. The minimum atomic E-state index is -0.0385. The minimum Gasteiger partial charge on any atom is -0.326 e. The topological polar surface area (TPSA) is 29.1 Å². The molecule has 0 radical (unpaired) electrons. The quantitative estimate of drug-likeness (QED) is 0.825. The van der Waals surface area contributed by atoms with Gasteiger partial charge in [-0.15, -0.1) is 0 Å². The fourth-order valence-corrected chi connectivity index (χ4v) is 2.81. The van der Waals surface area contributed by atoms with Crippen molar-refractivity contribution >= 4 is 34.8 Å². The highest BCUT2D eigenvalue weighted by molar-refractivity contribution is 6.36. The lowest BCUT2D eigenvalue weighted by Gasteiger charge is -2.12. The Morgan fingerprint density at radius 3 is 2.10 bits per heavy atom. The van der Waals surface area contributed by atoms with Gasteiger partial charge in [0.05, 0.1) is 0 Å². The number of aryl methyl sites for hydroxylation is 2. The van der Waals surface area contributed by atoms with Crippen molar-refractivity contribution in [2.45, 2.75) is 26.7 Å². The molecule has 0 aliphatic rings. The maximum atomic E-state index is 12.1. The average Bonchev–Trinajstić information content (AvgIpc) is 2.42. The van der Waals surface area contributed by atoms with Gasteiger partial charge in [0.2, 0.25) is 5.91 Å². The molecule has 110 valence electrons. The average molecular weight is 322 g/mol. The Morgan fingerprint density at radius 2 is 1.52 bits per heavy atom. The van der Waals surface area contributed by atoms with E-state index in [4.69, 9.17) is 23.2 Å². The molecule has 2 nitrogen and oxygen atoms in total. The van der Waals surface area contributed by atoms with Crippen LogP contribution in [0.3, 0.4) is 0 Å². The molecule has 1 N–H and O–H groups in total. The summed E-state index contributed by atoms with van der Waals surface area (Å²) in [5.74, 6) is -0.0385. The van der Waals surface area contributed by atoms with Crippen LogP contribution in [0.1, 0.15) is 23.1 Å². The highest BCUT2D eigenvalue weighted by Crippen LogP contribution is 2.26. The first-order chi connectivity index (χ1) is 9.99. The molecule has 2 rings (SSSR count). The van der Waals surface area contributed by atoms with E-state index in [1.54, 1.807) is 18.2 Å². The second kappa shape index (κ2) is 6.97. The van der Waals surface area contributed by atoms with Crippen LogP contribution in [0, 0.1) is 13.8 Å². The van der Waals surface area contributed by atoms with Gasteiger partial charge in [-0.3, -0.25) is 4.79 Å². The summed E-state index contributed by atoms with van der Waals surface area (Å²) in [4.78, 5) is 12.1. The monoisotopic (exact) mass is 321 g/mol. The summed E-state index contributed by atoms with van der Waals surface area (Å²) in [6.07, 6.45) is 0.868. The molecule has 0 aromatic heterocycles. The van der Waals surface area contributed by atoms with E-state index in [1.165, 1.54) is 0 Å². The number of anilines is 1. The number of nitrogens with one attached hydrogen (secondary N) is 1. The van der Waals surface area contributed by atoms with Gasteiger partial charge < -0.3 is 5.32 Å². The molecule has 0 saturated carbocycles. The van der Waals surface area contributed by atoms with E-state index < -0.39 is 0 Å². The van der Waals surface area contributed by atoms with Crippen LogP contribution in [-0.4, -0.2) is 5.91 Å². The number of rotatable bonds is 4. The Morgan fingerprint density at radius 1 is 1.00 bits per heavy atom. The van der Waals surface area contributed by atoms with Crippen LogP contribution in [0.25, 0.3) is 0 Å². The maximum absolute atomic E-state index is 12.1. The van der Waals surface area contributed by atoms with Crippen molar-refractivity contribution in [1.82, 2.24) is 0 Å². The second-order valence-corrected chi connectivity index (χ2v) is 5.83. The molecule has 0 saturated heterocycles. The molecule has 2 aromatic carbocycles. The normalized spacial score (nSPS) is 10.5. The number of carbonyl (C=O) groups excluding carboxylic acids is 1. The molecule has 2 aromatic rings. The lowest BCUT2D eigenvalue weighted by molar-refractivity contribution is -0.116. The number of benzene rings is 2. The fraction of sp³-hybridized carbons (Fsp3) is 0.235. The van der Waals surface area contributed by atoms with Crippen LogP contribution in [0.5, 0.6) is 0 Å². The fourth-order valence-electron chi connectivity index (χ4n) is 2.22. The van der Waals surface area contributed by atoms with Gasteiger partial charge in [0.25, 0.3) is 0 Å². The molecule has 0 heterocycles. The smallest absolute Gasteiger partial charge is 0.224 e. The zero-order chi connectivity index (χ0) is 15.4. The van der Waals surface area contributed by atoms with Crippen LogP contribution in [0.2, 0.25) is 10.0 Å². The van der Waals surface area contributed by atoms with E-state index in [1.807, 2.05) is 32.0 Å². The third kappa shape index (κ3) is 3.99. The van der Waals surface area contributed by atoms with Crippen LogP contribution in [0.15, 0.2) is 36.4 Å². The van der Waals surface area contributed by atoms with Crippen molar-refractivity contribution in [2.75, 3.05) is 5.32 Å². The van der Waals surface area contributed by atoms with Crippen LogP contribution in [0.4, 0.5) is 5.69 Å². The van der Waals surface area contributed by atoms with Gasteiger partial charge in [0.15, 0.2) is 0 Å². The number of halogens is 2. The number of hydrogen-bond acceptors (Lipinski definition) is 1.